The van der Waals surface area contributed by atoms with Gasteiger partial charge in [0.2, 0.25) is 0 Å². The van der Waals surface area contributed by atoms with E-state index in [1.165, 1.54) is 56.7 Å². The van der Waals surface area contributed by atoms with Crippen molar-refractivity contribution in [3.05, 3.63) is 10.6 Å². The molecule has 3 rings (SSSR count). The van der Waals surface area contributed by atoms with Crippen molar-refractivity contribution in [2.45, 2.75) is 64.3 Å². The van der Waals surface area contributed by atoms with Gasteiger partial charge in [0.25, 0.3) is 5.91 Å². The average molecular weight is 337 g/mol. The van der Waals surface area contributed by atoms with Crippen LogP contribution in [0.3, 0.4) is 0 Å². The number of nitrogens with zero attached hydrogens (tertiary/aromatic N) is 4. The Kier molecular flexibility index (Phi) is 6.00. The minimum Gasteiger partial charge on any atom is -0.334 e. The molecular formula is C17H28N4OS. The van der Waals surface area contributed by atoms with Gasteiger partial charge in [-0.2, -0.15) is 0 Å². The molecule has 128 valence electrons. The van der Waals surface area contributed by atoms with E-state index in [1.54, 1.807) is 0 Å². The summed E-state index contributed by atoms with van der Waals surface area (Å²) in [5.41, 5.74) is 0.860. The van der Waals surface area contributed by atoms with E-state index in [0.29, 0.717) is 6.04 Å². The highest BCUT2D eigenvalue weighted by atomic mass is 32.1. The van der Waals surface area contributed by atoms with Crippen LogP contribution in [0.5, 0.6) is 0 Å². The maximum Gasteiger partial charge on any atom is 0.267 e. The Hall–Kier alpha value is -1.01. The van der Waals surface area contributed by atoms with Crippen molar-refractivity contribution in [3.8, 4) is 0 Å². The molecule has 0 radical (unpaired) electrons. The summed E-state index contributed by atoms with van der Waals surface area (Å²) in [6, 6.07) is 0.362. The van der Waals surface area contributed by atoms with Gasteiger partial charge in [-0.1, -0.05) is 24.3 Å². The summed E-state index contributed by atoms with van der Waals surface area (Å²) < 4.78 is 4.00. The zero-order chi connectivity index (χ0) is 16.1. The molecule has 1 unspecified atom stereocenters. The maximum absolute atomic E-state index is 13.0. The van der Waals surface area contributed by atoms with Crippen LogP contribution in [0.4, 0.5) is 0 Å². The Balaban J connectivity index is 1.69. The van der Waals surface area contributed by atoms with Crippen LogP contribution in [0.1, 0.15) is 67.2 Å². The van der Waals surface area contributed by atoms with Crippen molar-refractivity contribution in [1.82, 2.24) is 19.4 Å². The third-order valence-electron chi connectivity index (χ3n) is 5.14. The summed E-state index contributed by atoms with van der Waals surface area (Å²) in [5, 5.41) is 4.11. The van der Waals surface area contributed by atoms with Gasteiger partial charge in [-0.15, -0.1) is 5.10 Å². The highest BCUT2D eigenvalue weighted by molar-refractivity contribution is 7.08. The second-order valence-electron chi connectivity index (χ2n) is 6.77. The normalized spacial score (nSPS) is 23.7. The van der Waals surface area contributed by atoms with E-state index in [9.17, 15) is 4.79 Å². The zero-order valence-corrected chi connectivity index (χ0v) is 15.0. The van der Waals surface area contributed by atoms with E-state index in [2.05, 4.69) is 19.4 Å². The van der Waals surface area contributed by atoms with Crippen LogP contribution in [0.15, 0.2) is 0 Å². The molecule has 1 aromatic heterocycles. The van der Waals surface area contributed by atoms with Crippen LogP contribution in [0.2, 0.25) is 0 Å². The molecule has 23 heavy (non-hydrogen) atoms. The predicted molar refractivity (Wildman–Crippen MR) is 92.9 cm³/mol. The molecule has 0 bridgehead atoms. The number of aryl methyl sites for hydroxylation is 1. The Morgan fingerprint density at radius 1 is 1.13 bits per heavy atom. The van der Waals surface area contributed by atoms with Gasteiger partial charge in [0.05, 0.1) is 5.69 Å². The van der Waals surface area contributed by atoms with Gasteiger partial charge >= 0.3 is 0 Å². The summed E-state index contributed by atoms with van der Waals surface area (Å²) in [5.74, 6) is 0.163. The lowest BCUT2D eigenvalue weighted by molar-refractivity contribution is 0.0550. The molecule has 3 heterocycles. The predicted octanol–water partition coefficient (Wildman–Crippen LogP) is 2.97. The van der Waals surface area contributed by atoms with Crippen molar-refractivity contribution in [2.24, 2.45) is 0 Å². The molecule has 2 aliphatic heterocycles. The molecule has 0 aliphatic carbocycles. The number of hydrogen-bond acceptors (Lipinski definition) is 5. The zero-order valence-electron chi connectivity index (χ0n) is 14.2. The highest BCUT2D eigenvalue weighted by Crippen LogP contribution is 2.24. The van der Waals surface area contributed by atoms with E-state index in [-0.39, 0.29) is 5.91 Å². The summed E-state index contributed by atoms with van der Waals surface area (Å²) in [6.45, 7) is 6.36. The maximum atomic E-state index is 13.0. The summed E-state index contributed by atoms with van der Waals surface area (Å²) >= 11 is 1.26. The molecule has 0 aromatic carbocycles. The first-order chi connectivity index (χ1) is 11.3. The second-order valence-corrected chi connectivity index (χ2v) is 7.52. The van der Waals surface area contributed by atoms with E-state index >= 15 is 0 Å². The van der Waals surface area contributed by atoms with Crippen LogP contribution in [-0.2, 0) is 6.42 Å². The van der Waals surface area contributed by atoms with Gasteiger partial charge in [-0.25, -0.2) is 0 Å². The van der Waals surface area contributed by atoms with Gasteiger partial charge in [-0.05, 0) is 63.1 Å². The number of piperidine rings is 1. The molecular weight excluding hydrogens is 308 g/mol. The lowest BCUT2D eigenvalue weighted by Crippen LogP contribution is -2.49. The van der Waals surface area contributed by atoms with Crippen LogP contribution < -0.4 is 0 Å². The van der Waals surface area contributed by atoms with Crippen LogP contribution in [0, 0.1) is 0 Å². The summed E-state index contributed by atoms with van der Waals surface area (Å²) in [4.78, 5) is 18.5. The first kappa shape index (κ1) is 16.8. The average Bonchev–Trinajstić information content (AvgIpc) is 2.92. The van der Waals surface area contributed by atoms with Gasteiger partial charge in [0.15, 0.2) is 0 Å². The van der Waals surface area contributed by atoms with Gasteiger partial charge < -0.3 is 9.80 Å². The minimum absolute atomic E-state index is 0.163. The highest BCUT2D eigenvalue weighted by Gasteiger charge is 2.31. The molecule has 2 saturated heterocycles. The number of carbonyl (C=O) groups excluding carboxylic acids is 1. The number of aromatic nitrogens is 2. The largest absolute Gasteiger partial charge is 0.334 e. The monoisotopic (exact) mass is 336 g/mol. The third kappa shape index (κ3) is 4.10. The molecule has 0 saturated carbocycles. The third-order valence-corrected chi connectivity index (χ3v) is 5.90. The number of likely N-dealkylation sites (tertiary alicyclic amines) is 2. The van der Waals surface area contributed by atoms with E-state index in [1.807, 2.05) is 6.92 Å². The Bertz CT molecular complexity index is 510. The first-order valence-electron chi connectivity index (χ1n) is 9.14. The SMILES string of the molecule is CCc1nnsc1C(=O)N1CCCCC1CN1CCCCCC1. The Morgan fingerprint density at radius 3 is 2.61 bits per heavy atom. The summed E-state index contributed by atoms with van der Waals surface area (Å²) in [7, 11) is 0. The number of rotatable bonds is 4. The van der Waals surface area contributed by atoms with E-state index < -0.39 is 0 Å². The van der Waals surface area contributed by atoms with E-state index in [4.69, 9.17) is 0 Å². The lowest BCUT2D eigenvalue weighted by atomic mass is 10.0. The summed E-state index contributed by atoms with van der Waals surface area (Å²) in [6.07, 6.45) is 9.60. The number of carbonyl (C=O) groups is 1. The van der Waals surface area contributed by atoms with Crippen LogP contribution in [0.25, 0.3) is 0 Å². The van der Waals surface area contributed by atoms with Crippen molar-refractivity contribution in [1.29, 1.82) is 0 Å². The van der Waals surface area contributed by atoms with Gasteiger partial charge in [0.1, 0.15) is 4.88 Å². The van der Waals surface area contributed by atoms with Crippen molar-refractivity contribution in [2.75, 3.05) is 26.2 Å². The van der Waals surface area contributed by atoms with Crippen molar-refractivity contribution < 1.29 is 4.79 Å². The molecule has 1 aromatic rings. The smallest absolute Gasteiger partial charge is 0.267 e. The fraction of sp³-hybridized carbons (Fsp3) is 0.824. The molecule has 5 nitrogen and oxygen atoms in total. The number of amides is 1. The number of hydrogen-bond donors (Lipinski definition) is 0. The standard InChI is InChI=1S/C17H28N4OS/c1-2-15-16(23-19-18-15)17(22)21-12-8-5-9-14(21)13-20-10-6-3-4-7-11-20/h14H,2-13H2,1H3. The quantitative estimate of drug-likeness (QED) is 0.848. The molecule has 1 amide bonds. The van der Waals surface area contributed by atoms with Crippen LogP contribution in [-0.4, -0.2) is 57.5 Å². The van der Waals surface area contributed by atoms with Crippen molar-refractivity contribution in [3.63, 3.8) is 0 Å². The molecule has 6 heteroatoms. The van der Waals surface area contributed by atoms with E-state index in [0.717, 1.165) is 42.9 Å². The van der Waals surface area contributed by atoms with Gasteiger partial charge in [0, 0.05) is 19.1 Å². The topological polar surface area (TPSA) is 49.3 Å². The fourth-order valence-corrected chi connectivity index (χ4v) is 4.51. The molecule has 0 N–H and O–H groups in total. The lowest BCUT2D eigenvalue weighted by Gasteiger charge is -2.38. The molecule has 0 spiro atoms. The second kappa shape index (κ2) is 8.20. The van der Waals surface area contributed by atoms with Gasteiger partial charge in [-0.3, -0.25) is 4.79 Å². The van der Waals surface area contributed by atoms with Crippen LogP contribution >= 0.6 is 11.5 Å². The Labute approximate surface area is 143 Å². The first-order valence-corrected chi connectivity index (χ1v) is 9.91. The molecule has 2 aliphatic rings. The molecule has 2 fully saturated rings. The minimum atomic E-state index is 0.163. The Morgan fingerprint density at radius 2 is 1.87 bits per heavy atom. The fourth-order valence-electron chi connectivity index (χ4n) is 3.81. The van der Waals surface area contributed by atoms with Crippen molar-refractivity contribution >= 4 is 17.4 Å². The molecule has 1 atom stereocenters.